The molecule has 142 valence electrons. The van der Waals surface area contributed by atoms with Gasteiger partial charge in [0.05, 0.1) is 16.6 Å². The normalized spacial score (nSPS) is 14.4. The lowest BCUT2D eigenvalue weighted by atomic mass is 10.0. The topological polar surface area (TPSA) is 49.2 Å². The van der Waals surface area contributed by atoms with Crippen LogP contribution in [-0.4, -0.2) is 16.2 Å². The van der Waals surface area contributed by atoms with Crippen LogP contribution in [0.15, 0.2) is 30.3 Å². The number of hydrogen-bond donors (Lipinski definition) is 3. The van der Waals surface area contributed by atoms with E-state index in [0.29, 0.717) is 18.8 Å². The van der Waals surface area contributed by atoms with Crippen molar-refractivity contribution >= 4 is 22.1 Å². The first-order valence-electron chi connectivity index (χ1n) is 8.14. The van der Waals surface area contributed by atoms with Gasteiger partial charge in [0.2, 0.25) is 0 Å². The molecule has 0 aliphatic carbocycles. The van der Waals surface area contributed by atoms with Crippen LogP contribution in [-0.2, 0) is 19.3 Å². The van der Waals surface area contributed by atoms with Crippen LogP contribution in [0.4, 0.5) is 33.3 Å². The van der Waals surface area contributed by atoms with E-state index in [2.05, 4.69) is 10.6 Å². The van der Waals surface area contributed by atoms with E-state index in [-0.39, 0.29) is 28.7 Å². The van der Waals surface area contributed by atoms with Crippen LogP contribution >= 0.6 is 0 Å². The van der Waals surface area contributed by atoms with Crippen molar-refractivity contribution in [2.75, 3.05) is 11.9 Å². The lowest BCUT2D eigenvalue weighted by molar-refractivity contribution is -0.136. The Balaban J connectivity index is 1.93. The summed E-state index contributed by atoms with van der Waals surface area (Å²) in [6, 6.07) is 5.57. The third kappa shape index (κ3) is 2.87. The average Bonchev–Trinajstić information content (AvgIpc) is 2.91. The molecule has 0 saturated heterocycles. The number of aromatic hydroxyl groups is 1. The van der Waals surface area contributed by atoms with E-state index in [1.165, 1.54) is 22.8 Å². The number of halogens is 5. The van der Waals surface area contributed by atoms with Crippen LogP contribution in [0.2, 0.25) is 0 Å². The Bertz CT molecular complexity index is 1040. The highest BCUT2D eigenvalue weighted by Crippen LogP contribution is 2.44. The third-order valence-corrected chi connectivity index (χ3v) is 4.59. The highest BCUT2D eigenvalue weighted by Gasteiger charge is 2.36. The first-order chi connectivity index (χ1) is 12.8. The van der Waals surface area contributed by atoms with Crippen molar-refractivity contribution in [3.8, 4) is 5.88 Å². The van der Waals surface area contributed by atoms with Gasteiger partial charge in [-0.1, -0.05) is 6.07 Å². The van der Waals surface area contributed by atoms with Crippen molar-refractivity contribution in [2.45, 2.75) is 19.3 Å². The summed E-state index contributed by atoms with van der Waals surface area (Å²) in [5.74, 6) is -2.74. The number of fused-ring (bicyclic) bond motifs is 3. The fourth-order valence-electron chi connectivity index (χ4n) is 3.40. The van der Waals surface area contributed by atoms with Gasteiger partial charge in [-0.15, -0.1) is 0 Å². The zero-order valence-corrected chi connectivity index (χ0v) is 13.8. The van der Waals surface area contributed by atoms with Crippen molar-refractivity contribution in [3.63, 3.8) is 0 Å². The van der Waals surface area contributed by atoms with Crippen LogP contribution in [0.25, 0.3) is 10.8 Å². The molecule has 1 aliphatic heterocycles. The zero-order chi connectivity index (χ0) is 19.3. The number of rotatable bonds is 2. The van der Waals surface area contributed by atoms with Crippen molar-refractivity contribution in [2.24, 2.45) is 0 Å². The number of anilines is 2. The number of nitrogens with zero attached hydrogens (tertiary/aromatic N) is 1. The molecule has 0 atom stereocenters. The second-order valence-electron chi connectivity index (χ2n) is 6.27. The Labute approximate surface area is 150 Å². The summed E-state index contributed by atoms with van der Waals surface area (Å²) in [5, 5.41) is 15.8. The van der Waals surface area contributed by atoms with Crippen LogP contribution < -0.4 is 10.6 Å². The van der Waals surface area contributed by atoms with E-state index in [4.69, 9.17) is 0 Å². The average molecular weight is 383 g/mol. The largest absolute Gasteiger partial charge is 0.494 e. The molecule has 0 radical (unpaired) electrons. The number of benzene rings is 2. The van der Waals surface area contributed by atoms with Crippen LogP contribution in [0, 0.1) is 11.6 Å². The quantitative estimate of drug-likeness (QED) is 0.572. The predicted octanol–water partition coefficient (Wildman–Crippen LogP) is 4.49. The number of hydrogen-bond acceptors (Lipinski definition) is 3. The van der Waals surface area contributed by atoms with Gasteiger partial charge in [0.25, 0.3) is 0 Å². The maximum absolute atomic E-state index is 13.9. The fourth-order valence-corrected chi connectivity index (χ4v) is 3.40. The first-order valence-corrected chi connectivity index (χ1v) is 8.14. The summed E-state index contributed by atoms with van der Waals surface area (Å²) in [6.45, 7) is 1.13. The number of aromatic nitrogens is 1. The molecule has 9 heteroatoms. The molecule has 0 spiro atoms. The van der Waals surface area contributed by atoms with Gasteiger partial charge in [0, 0.05) is 36.4 Å². The Hall–Kier alpha value is -2.81. The third-order valence-electron chi connectivity index (χ3n) is 4.59. The molecular weight excluding hydrogens is 369 g/mol. The molecular formula is C18H14F5N3O. The van der Waals surface area contributed by atoms with Gasteiger partial charge in [-0.2, -0.15) is 13.2 Å². The minimum absolute atomic E-state index is 0.0571. The molecule has 1 aromatic heterocycles. The SMILES string of the molecule is Oc1c2c(C(F)(F)F)cc(Nc3cccc(F)c3F)cc2c2n1CCNC2. The van der Waals surface area contributed by atoms with Gasteiger partial charge >= 0.3 is 6.18 Å². The standard InChI is InChI=1S/C18H14F5N3O/c19-12-2-1-3-13(16(12)20)25-9-6-10-14-8-24-4-5-26(14)17(27)15(10)11(7-9)18(21,22)23/h1-3,6-7,24-25,27H,4-5,8H2. The fraction of sp³-hybridized carbons (Fsp3) is 0.222. The summed E-state index contributed by atoms with van der Waals surface area (Å²) in [5.41, 5.74) is -0.877. The second kappa shape index (κ2) is 6.12. The van der Waals surface area contributed by atoms with Crippen LogP contribution in [0.5, 0.6) is 5.88 Å². The van der Waals surface area contributed by atoms with E-state index in [1.54, 1.807) is 0 Å². The maximum atomic E-state index is 13.9. The van der Waals surface area contributed by atoms with Crippen molar-refractivity contribution in [1.82, 2.24) is 9.88 Å². The minimum atomic E-state index is -4.74. The molecule has 0 bridgehead atoms. The highest BCUT2D eigenvalue weighted by atomic mass is 19.4. The van der Waals surface area contributed by atoms with E-state index < -0.39 is 29.3 Å². The smallest absolute Gasteiger partial charge is 0.417 e. The van der Waals surface area contributed by atoms with Gasteiger partial charge in [-0.25, -0.2) is 8.78 Å². The molecule has 1 aliphatic rings. The molecule has 3 aromatic rings. The number of alkyl halides is 3. The summed E-state index contributed by atoms with van der Waals surface area (Å²) >= 11 is 0. The van der Waals surface area contributed by atoms with Crippen LogP contribution in [0.3, 0.4) is 0 Å². The molecule has 0 unspecified atom stereocenters. The van der Waals surface area contributed by atoms with Gasteiger partial charge < -0.3 is 20.3 Å². The maximum Gasteiger partial charge on any atom is 0.417 e. The van der Waals surface area contributed by atoms with Crippen molar-refractivity contribution in [1.29, 1.82) is 0 Å². The Morgan fingerprint density at radius 1 is 1.15 bits per heavy atom. The minimum Gasteiger partial charge on any atom is -0.494 e. The van der Waals surface area contributed by atoms with Crippen LogP contribution in [0.1, 0.15) is 11.3 Å². The summed E-state index contributed by atoms with van der Waals surface area (Å²) in [6.07, 6.45) is -4.74. The van der Waals surface area contributed by atoms with E-state index >= 15 is 0 Å². The highest BCUT2D eigenvalue weighted by molar-refractivity contribution is 5.97. The molecule has 0 amide bonds. The Morgan fingerprint density at radius 3 is 2.67 bits per heavy atom. The molecule has 2 aromatic carbocycles. The van der Waals surface area contributed by atoms with Crippen molar-refractivity contribution < 1.29 is 27.1 Å². The van der Waals surface area contributed by atoms with E-state index in [9.17, 15) is 27.1 Å². The molecule has 0 saturated carbocycles. The lowest BCUT2D eigenvalue weighted by Gasteiger charge is -2.17. The van der Waals surface area contributed by atoms with Gasteiger partial charge in [0.1, 0.15) is 0 Å². The molecule has 3 N–H and O–H groups in total. The molecule has 27 heavy (non-hydrogen) atoms. The van der Waals surface area contributed by atoms with E-state index in [1.807, 2.05) is 0 Å². The number of nitrogens with one attached hydrogen (secondary N) is 2. The first kappa shape index (κ1) is 17.6. The second-order valence-corrected chi connectivity index (χ2v) is 6.27. The monoisotopic (exact) mass is 383 g/mol. The summed E-state index contributed by atoms with van der Waals surface area (Å²) < 4.78 is 69.6. The van der Waals surface area contributed by atoms with Crippen molar-refractivity contribution in [3.05, 3.63) is 53.2 Å². The van der Waals surface area contributed by atoms with Gasteiger partial charge in [-0.05, 0) is 24.3 Å². The lowest BCUT2D eigenvalue weighted by Crippen LogP contribution is -2.27. The molecule has 4 rings (SSSR count). The summed E-state index contributed by atoms with van der Waals surface area (Å²) in [7, 11) is 0. The Morgan fingerprint density at radius 2 is 1.93 bits per heavy atom. The molecule has 0 fully saturated rings. The van der Waals surface area contributed by atoms with Gasteiger partial charge in [0.15, 0.2) is 17.5 Å². The van der Waals surface area contributed by atoms with Gasteiger partial charge in [-0.3, -0.25) is 0 Å². The molecule has 2 heterocycles. The van der Waals surface area contributed by atoms with E-state index in [0.717, 1.165) is 12.1 Å². The predicted molar refractivity (Wildman–Crippen MR) is 90.0 cm³/mol. The Kier molecular flexibility index (Phi) is 3.99. The zero-order valence-electron chi connectivity index (χ0n) is 13.8. The summed E-state index contributed by atoms with van der Waals surface area (Å²) in [4.78, 5) is 0. The molecule has 4 nitrogen and oxygen atoms in total.